The third-order valence-electron chi connectivity index (χ3n) is 2.79. The number of carbonyl (C=O) groups is 2. The molecule has 1 aromatic carbocycles. The fraction of sp³-hybridized carbons (Fsp3) is 0.333. The van der Waals surface area contributed by atoms with Crippen LogP contribution in [0.1, 0.15) is 12.5 Å². The van der Waals surface area contributed by atoms with Crippen molar-refractivity contribution in [2.75, 3.05) is 13.1 Å². The summed E-state index contributed by atoms with van der Waals surface area (Å²) in [5.41, 5.74) is 1.36. The van der Waals surface area contributed by atoms with E-state index in [-0.39, 0.29) is 0 Å². The number of hydrogen-bond donors (Lipinski definition) is 2. The molecular weight excluding hydrogens is 274 g/mol. The summed E-state index contributed by atoms with van der Waals surface area (Å²) in [6, 6.07) is 8.32. The number of carboxylic acids is 2. The number of hydrogen-bond acceptors (Lipinski definition) is 4. The molecule has 0 saturated heterocycles. The number of rotatable bonds is 5. The molecule has 0 aliphatic carbocycles. The van der Waals surface area contributed by atoms with Crippen molar-refractivity contribution in [1.29, 1.82) is 0 Å². The van der Waals surface area contributed by atoms with Gasteiger partial charge in [0.25, 0.3) is 0 Å². The van der Waals surface area contributed by atoms with Crippen LogP contribution in [0.2, 0.25) is 0 Å². The molecule has 3 N–H and O–H groups in total. The Morgan fingerprint density at radius 1 is 1.43 bits per heavy atom. The second-order valence-electron chi connectivity index (χ2n) is 4.47. The first-order valence-corrected chi connectivity index (χ1v) is 6.71. The van der Waals surface area contributed by atoms with Gasteiger partial charge in [-0.1, -0.05) is 18.2 Å². The number of carboxylic acid groups (broad SMARTS) is 2. The minimum Gasteiger partial charge on any atom is -0.545 e. The van der Waals surface area contributed by atoms with Gasteiger partial charge >= 0.3 is 5.97 Å². The summed E-state index contributed by atoms with van der Waals surface area (Å²) in [6.45, 7) is 4.38. The van der Waals surface area contributed by atoms with Crippen LogP contribution in [-0.2, 0) is 16.0 Å². The topological polar surface area (TPSA) is 103 Å². The molecule has 6 nitrogen and oxygen atoms in total. The summed E-state index contributed by atoms with van der Waals surface area (Å²) in [5, 5.41) is 19.5. The molecule has 0 radical (unpaired) electrons. The predicted molar refractivity (Wildman–Crippen MR) is 73.7 cm³/mol. The third kappa shape index (κ3) is 6.58. The minimum absolute atomic E-state index is 0.386. The highest BCUT2D eigenvalue weighted by atomic mass is 16.5. The molecule has 21 heavy (non-hydrogen) atoms. The molecule has 114 valence electrons. The average molecular weight is 293 g/mol. The number of aliphatic carboxylic acids is 2. The Hall–Kier alpha value is -2.34. The van der Waals surface area contributed by atoms with Gasteiger partial charge < -0.3 is 25.1 Å². The van der Waals surface area contributed by atoms with Gasteiger partial charge in [-0.2, -0.15) is 0 Å². The van der Waals surface area contributed by atoms with Crippen LogP contribution in [-0.4, -0.2) is 36.2 Å². The Balaban J connectivity index is 0.000000240. The number of para-hydroxylation sites is 1. The smallest absolute Gasteiger partial charge is 0.328 e. The average Bonchev–Trinajstić information content (AvgIpc) is 2.86. The van der Waals surface area contributed by atoms with Crippen molar-refractivity contribution in [3.05, 3.63) is 42.0 Å². The SMILES string of the molecule is CC[NH2+]CC1Cc2ccccc2O1.O=C([O-])/C=C\C(=O)O. The minimum atomic E-state index is -1.51. The molecule has 1 aliphatic heterocycles. The van der Waals surface area contributed by atoms with Gasteiger partial charge in [-0.3, -0.25) is 0 Å². The van der Waals surface area contributed by atoms with E-state index in [0.29, 0.717) is 18.3 Å². The molecule has 1 aromatic rings. The Labute approximate surface area is 123 Å². The van der Waals surface area contributed by atoms with Crippen LogP contribution in [0.15, 0.2) is 36.4 Å². The summed E-state index contributed by atoms with van der Waals surface area (Å²) < 4.78 is 5.78. The van der Waals surface area contributed by atoms with Crippen molar-refractivity contribution < 1.29 is 29.9 Å². The van der Waals surface area contributed by atoms with Crippen LogP contribution in [0.4, 0.5) is 0 Å². The molecule has 0 bridgehead atoms. The van der Waals surface area contributed by atoms with E-state index in [2.05, 4.69) is 30.4 Å². The largest absolute Gasteiger partial charge is 0.545 e. The first-order chi connectivity index (χ1) is 10.0. The number of fused-ring (bicyclic) bond motifs is 1. The van der Waals surface area contributed by atoms with Crippen molar-refractivity contribution >= 4 is 11.9 Å². The van der Waals surface area contributed by atoms with Gasteiger partial charge in [-0.15, -0.1) is 0 Å². The van der Waals surface area contributed by atoms with Crippen LogP contribution in [0, 0.1) is 0 Å². The van der Waals surface area contributed by atoms with Gasteiger partial charge in [-0.25, -0.2) is 4.79 Å². The molecule has 0 spiro atoms. The molecule has 6 heteroatoms. The molecule has 0 aromatic heterocycles. The predicted octanol–water partition coefficient (Wildman–Crippen LogP) is -1.05. The molecule has 2 rings (SSSR count). The molecule has 0 saturated carbocycles. The monoisotopic (exact) mass is 293 g/mol. The number of benzene rings is 1. The molecule has 1 unspecified atom stereocenters. The summed E-state index contributed by atoms with van der Waals surface area (Å²) in [7, 11) is 0. The van der Waals surface area contributed by atoms with Crippen molar-refractivity contribution in [3.63, 3.8) is 0 Å². The second-order valence-corrected chi connectivity index (χ2v) is 4.47. The van der Waals surface area contributed by atoms with E-state index in [4.69, 9.17) is 9.84 Å². The van der Waals surface area contributed by atoms with Crippen LogP contribution in [0.5, 0.6) is 5.75 Å². The van der Waals surface area contributed by atoms with Crippen LogP contribution in [0.25, 0.3) is 0 Å². The van der Waals surface area contributed by atoms with Gasteiger partial charge in [0.1, 0.15) is 12.3 Å². The number of likely N-dealkylation sites (N-methyl/N-ethyl adjacent to an activating group) is 1. The Bertz CT molecular complexity index is 472. The lowest BCUT2D eigenvalue weighted by atomic mass is 10.1. The number of carbonyl (C=O) groups excluding carboxylic acids is 1. The number of nitrogens with two attached hydrogens (primary N) is 1. The van der Waals surface area contributed by atoms with Crippen molar-refractivity contribution in [1.82, 2.24) is 0 Å². The van der Waals surface area contributed by atoms with Gasteiger partial charge in [0.2, 0.25) is 0 Å². The van der Waals surface area contributed by atoms with E-state index in [1.54, 1.807) is 0 Å². The molecule has 0 fully saturated rings. The number of ether oxygens (including phenoxy) is 1. The van der Waals surface area contributed by atoms with Crippen molar-refractivity contribution in [2.45, 2.75) is 19.4 Å². The lowest BCUT2D eigenvalue weighted by molar-refractivity contribution is -0.656. The molecule has 0 amide bonds. The lowest BCUT2D eigenvalue weighted by Crippen LogP contribution is -2.86. The van der Waals surface area contributed by atoms with Gasteiger partial charge in [0.15, 0.2) is 6.10 Å². The highest BCUT2D eigenvalue weighted by Crippen LogP contribution is 2.27. The normalized spacial score (nSPS) is 15.8. The Morgan fingerprint density at radius 3 is 2.67 bits per heavy atom. The standard InChI is InChI=1S/C11H15NO.C4H4O4/c1-2-12-8-10-7-9-5-3-4-6-11(9)13-10;5-3(6)1-2-4(7)8/h3-6,10,12H,2,7-8H2,1H3;1-2H,(H,5,6)(H,7,8)/b;2-1-. The molecule has 1 aliphatic rings. The van der Waals surface area contributed by atoms with E-state index < -0.39 is 11.9 Å². The quantitative estimate of drug-likeness (QED) is 0.674. The zero-order chi connectivity index (χ0) is 15.7. The van der Waals surface area contributed by atoms with E-state index >= 15 is 0 Å². The molecule has 1 atom stereocenters. The maximum Gasteiger partial charge on any atom is 0.328 e. The lowest BCUT2D eigenvalue weighted by Gasteiger charge is -2.07. The molecule has 1 heterocycles. The maximum absolute atomic E-state index is 9.53. The highest BCUT2D eigenvalue weighted by molar-refractivity contribution is 5.88. The fourth-order valence-corrected chi connectivity index (χ4v) is 1.88. The van der Waals surface area contributed by atoms with Gasteiger partial charge in [0.05, 0.1) is 12.5 Å². The first kappa shape index (κ1) is 16.7. The first-order valence-electron chi connectivity index (χ1n) is 6.71. The van der Waals surface area contributed by atoms with E-state index in [1.807, 2.05) is 6.07 Å². The Kier molecular flexibility index (Phi) is 6.97. The highest BCUT2D eigenvalue weighted by Gasteiger charge is 2.22. The van der Waals surface area contributed by atoms with Crippen molar-refractivity contribution in [3.8, 4) is 5.75 Å². The zero-order valence-corrected chi connectivity index (χ0v) is 11.8. The van der Waals surface area contributed by atoms with Crippen LogP contribution >= 0.6 is 0 Å². The summed E-state index contributed by atoms with van der Waals surface area (Å²) >= 11 is 0. The van der Waals surface area contributed by atoms with Gasteiger partial charge in [-0.05, 0) is 24.6 Å². The summed E-state index contributed by atoms with van der Waals surface area (Å²) in [4.78, 5) is 19.0. The van der Waals surface area contributed by atoms with Crippen LogP contribution in [0.3, 0.4) is 0 Å². The van der Waals surface area contributed by atoms with Gasteiger partial charge in [0, 0.05) is 12.5 Å². The zero-order valence-electron chi connectivity index (χ0n) is 11.8. The summed E-state index contributed by atoms with van der Waals surface area (Å²) in [6.07, 6.45) is 2.40. The van der Waals surface area contributed by atoms with E-state index in [9.17, 15) is 14.7 Å². The van der Waals surface area contributed by atoms with Crippen molar-refractivity contribution in [2.24, 2.45) is 0 Å². The van der Waals surface area contributed by atoms with E-state index in [1.165, 1.54) is 5.56 Å². The van der Waals surface area contributed by atoms with Crippen LogP contribution < -0.4 is 15.2 Å². The second kappa shape index (κ2) is 8.76. The number of quaternary nitrogens is 1. The van der Waals surface area contributed by atoms with E-state index in [0.717, 1.165) is 25.3 Å². The maximum atomic E-state index is 9.53. The Morgan fingerprint density at radius 2 is 2.14 bits per heavy atom. The third-order valence-corrected chi connectivity index (χ3v) is 2.79. The summed E-state index contributed by atoms with van der Waals surface area (Å²) in [5.74, 6) is -1.72. The molecular formula is C15H19NO5. The fourth-order valence-electron chi connectivity index (χ4n) is 1.88.